The molecular weight excluding hydrogens is 915 g/mol. The Morgan fingerprint density at radius 2 is 1.07 bits per heavy atom. The van der Waals surface area contributed by atoms with Crippen molar-refractivity contribution < 1.29 is 50.9 Å². The van der Waals surface area contributed by atoms with Crippen LogP contribution in [0, 0.1) is 37.1 Å². The minimum atomic E-state index is -1.09. The summed E-state index contributed by atoms with van der Waals surface area (Å²) in [7, 11) is 4.96. The second-order valence-electron chi connectivity index (χ2n) is 15.6. The second kappa shape index (κ2) is 21.7. The minimum absolute atomic E-state index is 0.0143. The van der Waals surface area contributed by atoms with Gasteiger partial charge in [0.25, 0.3) is 0 Å². The van der Waals surface area contributed by atoms with Crippen LogP contribution >= 0.6 is 23.2 Å². The number of halogens is 6. The molecule has 0 aliphatic rings. The van der Waals surface area contributed by atoms with Crippen LogP contribution in [0.1, 0.15) is 89.7 Å². The van der Waals surface area contributed by atoms with Crippen LogP contribution in [0.3, 0.4) is 0 Å². The van der Waals surface area contributed by atoms with E-state index in [0.717, 1.165) is 29.7 Å². The van der Waals surface area contributed by atoms with Gasteiger partial charge in [-0.1, -0.05) is 63.0 Å². The predicted octanol–water partition coefficient (Wildman–Crippen LogP) is 13.2. The number of pyridine rings is 2. The van der Waals surface area contributed by atoms with Gasteiger partial charge in [0.1, 0.15) is 23.1 Å². The van der Waals surface area contributed by atoms with Gasteiger partial charge in [-0.2, -0.15) is 0 Å². The van der Waals surface area contributed by atoms with Crippen LogP contribution in [0.5, 0.6) is 11.5 Å². The lowest BCUT2D eigenvalue weighted by Gasteiger charge is -2.29. The second-order valence-corrected chi connectivity index (χ2v) is 16.4. The molecule has 0 bridgehead atoms. The standard InChI is InChI=1S/C26H25ClF2N2O4.C24H23ClF2N2O3/c1-13(2)23-24(14(3)10-11-30-23)31(15(4)32)25-16(26(33)35-6)12-17(27)20(22(25)29)21-18(28)8-7-9-19(21)34-5;1-12(2)21-22(13(3)9-10-28-21)29-23-14(24(30)32-5)11-15(25)18(20(23)27)19-16(26)7-6-8-17(19)31-4/h7-13H,1-6H3;6-12,29H,1-5H3. The molecule has 2 aromatic heterocycles. The Labute approximate surface area is 396 Å². The number of ether oxygens (including phenoxy) is 4. The van der Waals surface area contributed by atoms with Gasteiger partial charge in [0, 0.05) is 30.4 Å². The van der Waals surface area contributed by atoms with Gasteiger partial charge >= 0.3 is 11.9 Å². The zero-order valence-corrected chi connectivity index (χ0v) is 40.1. The lowest BCUT2D eigenvalue weighted by Crippen LogP contribution is -2.29. The van der Waals surface area contributed by atoms with Crippen molar-refractivity contribution in [2.75, 3.05) is 38.7 Å². The Bertz CT molecular complexity index is 2880. The molecule has 0 aliphatic heterocycles. The number of aromatic nitrogens is 2. The number of anilines is 4. The fourth-order valence-corrected chi connectivity index (χ4v) is 7.99. The van der Waals surface area contributed by atoms with Crippen LogP contribution < -0.4 is 19.7 Å². The maximum atomic E-state index is 16.5. The van der Waals surface area contributed by atoms with Gasteiger partial charge < -0.3 is 24.3 Å². The highest BCUT2D eigenvalue weighted by Crippen LogP contribution is 2.47. The first-order chi connectivity index (χ1) is 31.7. The lowest BCUT2D eigenvalue weighted by molar-refractivity contribution is -0.115. The SMILES string of the molecule is COC(=O)c1cc(Cl)c(-c2c(F)cccc2OC)c(F)c1N(C(C)=O)c1c(C)ccnc1C(C)C.COC(=O)c1cc(Cl)c(-c2c(F)cccc2OC)c(F)c1Nc1c(C)ccnc1C(C)C. The molecule has 0 saturated carbocycles. The summed E-state index contributed by atoms with van der Waals surface area (Å²) in [5.41, 5.74) is 1.42. The summed E-state index contributed by atoms with van der Waals surface area (Å²) in [6, 6.07) is 13.9. The molecule has 0 spiro atoms. The van der Waals surface area contributed by atoms with Gasteiger partial charge in [-0.25, -0.2) is 27.2 Å². The molecule has 2 heterocycles. The van der Waals surface area contributed by atoms with E-state index in [1.165, 1.54) is 64.7 Å². The number of rotatable bonds is 12. The molecule has 0 aliphatic carbocycles. The van der Waals surface area contributed by atoms with Crippen LogP contribution in [0.15, 0.2) is 73.1 Å². The highest BCUT2D eigenvalue weighted by molar-refractivity contribution is 6.35. The Morgan fingerprint density at radius 1 is 0.612 bits per heavy atom. The number of hydrogen-bond donors (Lipinski definition) is 1. The zero-order chi connectivity index (χ0) is 49.6. The van der Waals surface area contributed by atoms with Crippen molar-refractivity contribution >= 4 is 63.8 Å². The number of carbonyl (C=O) groups excluding carboxylic acids is 3. The van der Waals surface area contributed by atoms with E-state index in [0.29, 0.717) is 28.3 Å². The van der Waals surface area contributed by atoms with E-state index in [-0.39, 0.29) is 72.4 Å². The van der Waals surface area contributed by atoms with Crippen molar-refractivity contribution in [3.05, 3.63) is 140 Å². The molecule has 67 heavy (non-hydrogen) atoms. The average Bonchev–Trinajstić information content (AvgIpc) is 3.29. The summed E-state index contributed by atoms with van der Waals surface area (Å²) in [5, 5.41) is 2.59. The molecule has 6 rings (SSSR count). The predicted molar refractivity (Wildman–Crippen MR) is 252 cm³/mol. The molecule has 1 amide bonds. The third-order valence-electron chi connectivity index (χ3n) is 10.6. The monoisotopic (exact) mass is 962 g/mol. The Balaban J connectivity index is 0.000000252. The van der Waals surface area contributed by atoms with Crippen LogP contribution in [-0.4, -0.2) is 56.3 Å². The van der Waals surface area contributed by atoms with Crippen LogP contribution in [0.2, 0.25) is 10.0 Å². The van der Waals surface area contributed by atoms with Gasteiger partial charge in [0.2, 0.25) is 5.91 Å². The number of hydrogen-bond acceptors (Lipinski definition) is 10. The van der Waals surface area contributed by atoms with Crippen LogP contribution in [-0.2, 0) is 14.3 Å². The van der Waals surface area contributed by atoms with E-state index in [9.17, 15) is 23.2 Å². The third-order valence-corrected chi connectivity index (χ3v) is 11.2. The lowest BCUT2D eigenvalue weighted by atomic mass is 9.97. The maximum Gasteiger partial charge on any atom is 0.340 e. The Kier molecular flexibility index (Phi) is 16.6. The summed E-state index contributed by atoms with van der Waals surface area (Å²) >= 11 is 12.7. The van der Waals surface area contributed by atoms with Crippen molar-refractivity contribution in [2.45, 2.75) is 60.3 Å². The summed E-state index contributed by atoms with van der Waals surface area (Å²) in [4.78, 5) is 48.1. The van der Waals surface area contributed by atoms with Gasteiger partial charge in [-0.3, -0.25) is 19.7 Å². The van der Waals surface area contributed by atoms with Crippen molar-refractivity contribution in [3.63, 3.8) is 0 Å². The number of methoxy groups -OCH3 is 4. The molecule has 17 heteroatoms. The van der Waals surface area contributed by atoms with E-state index >= 15 is 8.78 Å². The minimum Gasteiger partial charge on any atom is -0.496 e. The first-order valence-corrected chi connectivity index (χ1v) is 21.4. The molecule has 6 aromatic rings. The Hall–Kier alpha value is -6.71. The van der Waals surface area contributed by atoms with Gasteiger partial charge in [-0.05, 0) is 85.3 Å². The number of carbonyl (C=O) groups is 3. The molecule has 11 nitrogen and oxygen atoms in total. The molecule has 352 valence electrons. The number of nitrogens with one attached hydrogen (secondary N) is 1. The molecule has 0 fully saturated rings. The molecule has 0 atom stereocenters. The molecular formula is C50H48Cl2F4N4O7. The molecule has 0 unspecified atom stereocenters. The van der Waals surface area contributed by atoms with Crippen molar-refractivity contribution in [1.82, 2.24) is 9.97 Å². The summed E-state index contributed by atoms with van der Waals surface area (Å²) in [6.07, 6.45) is 3.24. The third kappa shape index (κ3) is 10.3. The highest BCUT2D eigenvalue weighted by atomic mass is 35.5. The van der Waals surface area contributed by atoms with Gasteiger partial charge in [0.15, 0.2) is 11.6 Å². The largest absolute Gasteiger partial charge is 0.496 e. The Morgan fingerprint density at radius 3 is 1.55 bits per heavy atom. The first kappa shape index (κ1) is 51.3. The first-order valence-electron chi connectivity index (χ1n) is 20.6. The van der Waals surface area contributed by atoms with Crippen LogP contribution in [0.4, 0.5) is 40.3 Å². The van der Waals surface area contributed by atoms with E-state index in [1.807, 2.05) is 34.6 Å². The van der Waals surface area contributed by atoms with Crippen molar-refractivity contribution in [3.8, 4) is 33.8 Å². The normalized spacial score (nSPS) is 10.9. The maximum absolute atomic E-state index is 16.5. The fraction of sp³-hybridized carbons (Fsp3) is 0.260. The molecule has 0 radical (unpaired) electrons. The van der Waals surface area contributed by atoms with Crippen LogP contribution in [0.25, 0.3) is 22.3 Å². The molecule has 0 saturated heterocycles. The number of aryl methyl sites for hydroxylation is 2. The van der Waals surface area contributed by atoms with E-state index < -0.39 is 46.8 Å². The number of benzene rings is 4. The van der Waals surface area contributed by atoms with E-state index in [2.05, 4.69) is 15.3 Å². The topological polar surface area (TPSA) is 129 Å². The van der Waals surface area contributed by atoms with E-state index in [1.54, 1.807) is 31.5 Å². The van der Waals surface area contributed by atoms with Gasteiger partial charge in [0.05, 0.1) is 94.9 Å². The molecule has 1 N–H and O–H groups in total. The zero-order valence-electron chi connectivity index (χ0n) is 38.6. The number of esters is 2. The quantitative estimate of drug-likeness (QED) is 0.0935. The molecule has 4 aromatic carbocycles. The van der Waals surface area contributed by atoms with Crippen molar-refractivity contribution in [1.29, 1.82) is 0 Å². The number of amides is 1. The van der Waals surface area contributed by atoms with Gasteiger partial charge in [-0.15, -0.1) is 0 Å². The highest BCUT2D eigenvalue weighted by Gasteiger charge is 2.34. The summed E-state index contributed by atoms with van der Waals surface area (Å²) in [6.45, 7) is 12.4. The summed E-state index contributed by atoms with van der Waals surface area (Å²) in [5.74, 6) is -5.84. The van der Waals surface area contributed by atoms with Crippen molar-refractivity contribution in [2.24, 2.45) is 0 Å². The number of nitrogens with zero attached hydrogens (tertiary/aromatic N) is 3. The summed E-state index contributed by atoms with van der Waals surface area (Å²) < 4.78 is 82.4. The fourth-order valence-electron chi connectivity index (χ4n) is 7.41. The smallest absolute Gasteiger partial charge is 0.340 e. The van der Waals surface area contributed by atoms with E-state index in [4.69, 9.17) is 42.1 Å². The average molecular weight is 964 g/mol.